The fraction of sp³-hybridized carbons (Fsp3) is 0.324. The summed E-state index contributed by atoms with van der Waals surface area (Å²) < 4.78 is 5.62. The number of rotatable bonds is 10. The molecule has 0 heterocycles. The van der Waals surface area contributed by atoms with E-state index in [-0.39, 0.29) is 68.2 Å². The van der Waals surface area contributed by atoms with Crippen molar-refractivity contribution >= 4 is 41.1 Å². The van der Waals surface area contributed by atoms with Gasteiger partial charge < -0.3 is 35.6 Å². The summed E-state index contributed by atoms with van der Waals surface area (Å²) >= 11 is 5.25. The molecular weight excluding hydrogens is 626 g/mol. The smallest absolute Gasteiger partial charge is 0.340 e. The molecule has 3 aromatic rings. The van der Waals surface area contributed by atoms with Gasteiger partial charge in [-0.1, -0.05) is 32.6 Å². The van der Waals surface area contributed by atoms with Crippen LogP contribution in [0.2, 0.25) is 0 Å². The second kappa shape index (κ2) is 13.3. The van der Waals surface area contributed by atoms with Gasteiger partial charge in [-0.25, -0.2) is 4.79 Å². The molecule has 13 heteroatoms. The van der Waals surface area contributed by atoms with Crippen molar-refractivity contribution in [1.82, 2.24) is 10.7 Å². The molecule has 7 N–H and O–H groups in total. The highest BCUT2D eigenvalue weighted by Gasteiger charge is 2.42. The molecule has 2 aliphatic carbocycles. The van der Waals surface area contributed by atoms with E-state index in [1.54, 1.807) is 0 Å². The van der Waals surface area contributed by atoms with Crippen LogP contribution in [-0.4, -0.2) is 68.1 Å². The molecular formula is C34H35N3O9S. The second-order valence-electron chi connectivity index (χ2n) is 11.5. The lowest BCUT2D eigenvalue weighted by Crippen LogP contribution is -2.32. The Kier molecular flexibility index (Phi) is 9.38. The number of ketones is 2. The van der Waals surface area contributed by atoms with E-state index >= 15 is 0 Å². The first-order chi connectivity index (χ1) is 22.4. The Bertz CT molecular complexity index is 1880. The summed E-state index contributed by atoms with van der Waals surface area (Å²) in [5.41, 5.74) is 1.47. The Morgan fingerprint density at radius 3 is 2.34 bits per heavy atom. The van der Waals surface area contributed by atoms with Crippen molar-refractivity contribution in [3.63, 3.8) is 0 Å². The number of methoxy groups -OCH3 is 1. The number of hydrogen-bond acceptors (Lipinski definition) is 10. The van der Waals surface area contributed by atoms with Crippen LogP contribution < -0.4 is 15.5 Å². The number of carboxylic acids is 1. The van der Waals surface area contributed by atoms with Crippen LogP contribution in [0.1, 0.15) is 103 Å². The minimum atomic E-state index is -1.47. The third-order valence-electron chi connectivity index (χ3n) is 8.64. The molecule has 2 aliphatic rings. The van der Waals surface area contributed by atoms with Crippen LogP contribution in [0.5, 0.6) is 28.7 Å². The number of aryl methyl sites for hydroxylation is 1. The average molecular weight is 662 g/mol. The number of carbonyl (C=O) groups is 3. The van der Waals surface area contributed by atoms with Crippen molar-refractivity contribution in [1.29, 1.82) is 0 Å². The fourth-order valence-corrected chi connectivity index (χ4v) is 6.45. The summed E-state index contributed by atoms with van der Waals surface area (Å²) in [7, 11) is 1.28. The third-order valence-corrected chi connectivity index (χ3v) is 8.88. The Labute approximate surface area is 275 Å². The summed E-state index contributed by atoms with van der Waals surface area (Å²) in [6.07, 6.45) is 7.13. The molecule has 3 aromatic carbocycles. The molecule has 0 amide bonds. The van der Waals surface area contributed by atoms with Gasteiger partial charge in [-0.05, 0) is 56.1 Å². The molecule has 0 atom stereocenters. The van der Waals surface area contributed by atoms with Crippen LogP contribution >= 0.6 is 12.2 Å². The zero-order valence-electron chi connectivity index (χ0n) is 26.1. The molecule has 0 spiro atoms. The first-order valence-corrected chi connectivity index (χ1v) is 15.6. The van der Waals surface area contributed by atoms with Gasteiger partial charge in [0.25, 0.3) is 0 Å². The molecule has 0 bridgehead atoms. The number of hydrazone groups is 1. The van der Waals surface area contributed by atoms with Crippen LogP contribution in [0.25, 0.3) is 11.1 Å². The molecule has 0 unspecified atom stereocenters. The largest absolute Gasteiger partial charge is 0.508 e. The Morgan fingerprint density at radius 1 is 0.936 bits per heavy atom. The average Bonchev–Trinajstić information content (AvgIpc) is 3.03. The number of carboxylic acid groups (broad SMARTS) is 1. The van der Waals surface area contributed by atoms with Crippen LogP contribution in [0.3, 0.4) is 0 Å². The number of aromatic hydroxyl groups is 4. The summed E-state index contributed by atoms with van der Waals surface area (Å²) in [4.78, 5) is 40.0. The van der Waals surface area contributed by atoms with Crippen LogP contribution in [0, 0.1) is 6.92 Å². The standard InChI is InChI=1S/C34H35N3O9S/c1-4-5-6-7-8-11-35-34(47)37-36-14-17-12-16-9-10-18-23(21(16)29(41)22(17)33(44)45)30(42)25-26(32(18)46-3)31(43)24-19(28(25)40)13-20(38)15(2)27(24)39/h12-14,38-39,41-42H,4-11H2,1-3H3,(H,44,45)(H2,35,37,47)/b36-14+. The van der Waals surface area contributed by atoms with E-state index in [1.807, 2.05) is 0 Å². The lowest BCUT2D eigenvalue weighted by atomic mass is 9.74. The van der Waals surface area contributed by atoms with E-state index < -0.39 is 51.7 Å². The minimum Gasteiger partial charge on any atom is -0.508 e. The summed E-state index contributed by atoms with van der Waals surface area (Å²) in [6, 6.07) is 2.56. The Hall–Kier alpha value is -5.17. The lowest BCUT2D eigenvalue weighted by Gasteiger charge is -2.30. The monoisotopic (exact) mass is 661 g/mol. The predicted molar refractivity (Wildman–Crippen MR) is 178 cm³/mol. The molecule has 0 aliphatic heterocycles. The number of aromatic carboxylic acids is 1. The van der Waals surface area contributed by atoms with E-state index in [0.717, 1.165) is 31.7 Å². The van der Waals surface area contributed by atoms with E-state index in [9.17, 15) is 39.9 Å². The summed E-state index contributed by atoms with van der Waals surface area (Å²) in [5.74, 6) is -5.53. The fourth-order valence-electron chi connectivity index (χ4n) is 6.30. The number of nitrogens with one attached hydrogen (secondary N) is 2. The van der Waals surface area contributed by atoms with Gasteiger partial charge in [-0.15, -0.1) is 0 Å². The molecule has 0 aromatic heterocycles. The van der Waals surface area contributed by atoms with Gasteiger partial charge >= 0.3 is 5.97 Å². The Balaban J connectivity index is 1.56. The van der Waals surface area contributed by atoms with Crippen LogP contribution in [-0.2, 0) is 12.8 Å². The zero-order valence-corrected chi connectivity index (χ0v) is 26.9. The van der Waals surface area contributed by atoms with E-state index in [1.165, 1.54) is 32.7 Å². The molecule has 47 heavy (non-hydrogen) atoms. The maximum atomic E-state index is 13.8. The number of ether oxygens (including phenoxy) is 1. The van der Waals surface area contributed by atoms with Crippen molar-refractivity contribution in [2.45, 2.75) is 58.8 Å². The van der Waals surface area contributed by atoms with Crippen molar-refractivity contribution in [3.8, 4) is 39.9 Å². The molecule has 0 saturated heterocycles. The van der Waals surface area contributed by atoms with Gasteiger partial charge in [0.1, 0.15) is 34.3 Å². The maximum absolute atomic E-state index is 13.8. The first kappa shape index (κ1) is 33.2. The van der Waals surface area contributed by atoms with Gasteiger partial charge in [0, 0.05) is 39.9 Å². The summed E-state index contributed by atoms with van der Waals surface area (Å²) in [6.45, 7) is 4.19. The van der Waals surface area contributed by atoms with Crippen molar-refractivity contribution < 1.29 is 44.7 Å². The quantitative estimate of drug-likeness (QED) is 0.0530. The first-order valence-electron chi connectivity index (χ1n) is 15.2. The topological polar surface area (TPSA) is 198 Å². The van der Waals surface area contributed by atoms with Gasteiger partial charge in [0.05, 0.1) is 30.0 Å². The van der Waals surface area contributed by atoms with Crippen molar-refractivity contribution in [2.24, 2.45) is 5.10 Å². The van der Waals surface area contributed by atoms with Gasteiger partial charge in [-0.2, -0.15) is 5.10 Å². The predicted octanol–water partition coefficient (Wildman–Crippen LogP) is 4.83. The number of thiocarbonyl (C=S) groups is 1. The van der Waals surface area contributed by atoms with Gasteiger partial charge in [0.15, 0.2) is 10.9 Å². The molecule has 0 saturated carbocycles. The zero-order chi connectivity index (χ0) is 34.2. The van der Waals surface area contributed by atoms with Gasteiger partial charge in [0.2, 0.25) is 5.78 Å². The number of phenolic OH excluding ortho intramolecular Hbond substituents is 3. The van der Waals surface area contributed by atoms with Crippen molar-refractivity contribution in [3.05, 3.63) is 62.2 Å². The lowest BCUT2D eigenvalue weighted by molar-refractivity contribution is 0.0693. The minimum absolute atomic E-state index is 0.0000160. The van der Waals surface area contributed by atoms with E-state index in [2.05, 4.69) is 22.8 Å². The molecule has 0 fully saturated rings. The number of benzene rings is 3. The Morgan fingerprint density at radius 2 is 1.66 bits per heavy atom. The number of phenols is 4. The molecule has 12 nitrogen and oxygen atoms in total. The SMILES string of the molecule is CCCCCCCNC(=S)N/N=C/c1cc2c(c(O)c1C(=O)O)-c1c(O)c3c(c(OC)c1CC2)C(=O)c1c(cc(O)c(C)c1O)C3=O. The third kappa shape index (κ3) is 5.71. The van der Waals surface area contributed by atoms with E-state index in [0.29, 0.717) is 12.1 Å². The number of hydrogen-bond donors (Lipinski definition) is 7. The highest BCUT2D eigenvalue weighted by Crippen LogP contribution is 2.54. The number of nitrogens with zero attached hydrogens (tertiary/aromatic N) is 1. The normalized spacial score (nSPS) is 13.1. The summed E-state index contributed by atoms with van der Waals surface area (Å²) in [5, 5.41) is 61.6. The number of carbonyl (C=O) groups excluding carboxylic acids is 2. The highest BCUT2D eigenvalue weighted by atomic mass is 32.1. The second-order valence-corrected chi connectivity index (χ2v) is 11.9. The molecule has 0 radical (unpaired) electrons. The van der Waals surface area contributed by atoms with Gasteiger partial charge in [-0.3, -0.25) is 15.0 Å². The number of unbranched alkanes of at least 4 members (excludes halogenated alkanes) is 4. The maximum Gasteiger partial charge on any atom is 0.340 e. The van der Waals surface area contributed by atoms with Crippen LogP contribution in [0.15, 0.2) is 17.2 Å². The molecule has 246 valence electrons. The number of fused-ring (bicyclic) bond motifs is 5. The molecule has 5 rings (SSSR count). The highest BCUT2D eigenvalue weighted by molar-refractivity contribution is 7.80. The van der Waals surface area contributed by atoms with E-state index in [4.69, 9.17) is 17.0 Å². The van der Waals surface area contributed by atoms with Crippen LogP contribution in [0.4, 0.5) is 0 Å². The van der Waals surface area contributed by atoms with Crippen molar-refractivity contribution in [2.75, 3.05) is 13.7 Å².